The molecule has 0 spiro atoms. The summed E-state index contributed by atoms with van der Waals surface area (Å²) in [7, 11) is 0. The first-order valence-electron chi connectivity index (χ1n) is 10.7. The Morgan fingerprint density at radius 1 is 1.17 bits per heavy atom. The second-order valence-corrected chi connectivity index (χ2v) is 9.80. The topological polar surface area (TPSA) is 40.6 Å². The number of carbonyl (C=O) groups excluding carboxylic acids is 2. The van der Waals surface area contributed by atoms with Crippen molar-refractivity contribution in [2.24, 2.45) is 5.92 Å². The summed E-state index contributed by atoms with van der Waals surface area (Å²) < 4.78 is 0. The molecule has 2 aromatic rings. The highest BCUT2D eigenvalue weighted by Gasteiger charge is 2.38. The second kappa shape index (κ2) is 8.31. The van der Waals surface area contributed by atoms with Crippen LogP contribution >= 0.6 is 11.3 Å². The van der Waals surface area contributed by atoms with Crippen molar-refractivity contribution in [3.05, 3.63) is 57.3 Å². The Morgan fingerprint density at radius 2 is 1.90 bits per heavy atom. The van der Waals surface area contributed by atoms with Gasteiger partial charge in [0.05, 0.1) is 6.04 Å². The minimum atomic E-state index is -0.0562. The van der Waals surface area contributed by atoms with Gasteiger partial charge in [0.2, 0.25) is 11.8 Å². The molecule has 1 aliphatic carbocycles. The van der Waals surface area contributed by atoms with Crippen molar-refractivity contribution < 1.29 is 9.59 Å². The van der Waals surface area contributed by atoms with Crippen molar-refractivity contribution in [2.45, 2.75) is 58.5 Å². The molecule has 0 unspecified atom stereocenters. The second-order valence-electron chi connectivity index (χ2n) is 8.80. The van der Waals surface area contributed by atoms with E-state index in [9.17, 15) is 9.59 Å². The summed E-state index contributed by atoms with van der Waals surface area (Å²) in [6, 6.07) is 10.9. The zero-order valence-corrected chi connectivity index (χ0v) is 18.4. The molecule has 1 fully saturated rings. The Labute approximate surface area is 177 Å². The summed E-state index contributed by atoms with van der Waals surface area (Å²) in [4.78, 5) is 31.4. The van der Waals surface area contributed by atoms with Gasteiger partial charge in [-0.1, -0.05) is 43.7 Å². The minimum absolute atomic E-state index is 0.0562. The van der Waals surface area contributed by atoms with Gasteiger partial charge in [0.1, 0.15) is 6.54 Å². The molecule has 1 aromatic carbocycles. The van der Waals surface area contributed by atoms with Gasteiger partial charge in [-0.2, -0.15) is 0 Å². The molecule has 1 atom stereocenters. The number of amides is 2. The van der Waals surface area contributed by atoms with Gasteiger partial charge in [0.15, 0.2) is 0 Å². The number of carbonyl (C=O) groups is 2. The summed E-state index contributed by atoms with van der Waals surface area (Å²) >= 11 is 1.78. The van der Waals surface area contributed by atoms with Crippen LogP contribution in [0.15, 0.2) is 35.7 Å². The molecule has 0 saturated heterocycles. The van der Waals surface area contributed by atoms with E-state index >= 15 is 0 Å². The fourth-order valence-corrected chi connectivity index (χ4v) is 5.11. The Morgan fingerprint density at radius 3 is 2.55 bits per heavy atom. The number of nitrogens with zero attached hydrogens (tertiary/aromatic N) is 2. The molecule has 1 saturated carbocycles. The van der Waals surface area contributed by atoms with Crippen LogP contribution in [0.3, 0.4) is 0 Å². The third-order valence-electron chi connectivity index (χ3n) is 5.88. The molecule has 1 aromatic heterocycles. The van der Waals surface area contributed by atoms with Crippen LogP contribution in [0.5, 0.6) is 0 Å². The van der Waals surface area contributed by atoms with E-state index in [0.717, 1.165) is 24.8 Å². The lowest BCUT2D eigenvalue weighted by molar-refractivity contribution is -0.142. The van der Waals surface area contributed by atoms with E-state index in [0.29, 0.717) is 18.9 Å². The van der Waals surface area contributed by atoms with Crippen LogP contribution in [0.25, 0.3) is 0 Å². The maximum absolute atomic E-state index is 13.4. The van der Waals surface area contributed by atoms with Gasteiger partial charge >= 0.3 is 0 Å². The zero-order valence-electron chi connectivity index (χ0n) is 17.6. The van der Waals surface area contributed by atoms with E-state index in [1.54, 1.807) is 11.3 Å². The largest absolute Gasteiger partial charge is 0.330 e. The number of hydrogen-bond acceptors (Lipinski definition) is 3. The molecule has 0 radical (unpaired) electrons. The standard InChI is InChI=1S/C24H30N2O2S/c1-16(2)14-22(27)26(19-8-9-19)15-23(28)25-12-10-21-20(11-13-29-21)24(25)18-6-4-17(3)5-7-18/h4-7,11,13,16,19,24H,8-10,12,14-15H2,1-3H3/t24-/m0/s1. The first kappa shape index (κ1) is 20.1. The lowest BCUT2D eigenvalue weighted by atomic mass is 9.92. The van der Waals surface area contributed by atoms with E-state index in [4.69, 9.17) is 0 Å². The Balaban J connectivity index is 1.59. The molecule has 5 heteroatoms. The fourth-order valence-electron chi connectivity index (χ4n) is 4.20. The number of thiophene rings is 1. The van der Waals surface area contributed by atoms with Crippen LogP contribution in [-0.2, 0) is 16.0 Å². The van der Waals surface area contributed by atoms with Crippen LogP contribution in [0.4, 0.5) is 0 Å². The predicted octanol–water partition coefficient (Wildman–Crippen LogP) is 4.57. The smallest absolute Gasteiger partial charge is 0.243 e. The van der Waals surface area contributed by atoms with Crippen molar-refractivity contribution in [1.82, 2.24) is 9.80 Å². The van der Waals surface area contributed by atoms with Crippen molar-refractivity contribution in [3.63, 3.8) is 0 Å². The fraction of sp³-hybridized carbons (Fsp3) is 0.500. The minimum Gasteiger partial charge on any atom is -0.330 e. The summed E-state index contributed by atoms with van der Waals surface area (Å²) in [5.74, 6) is 0.495. The number of aryl methyl sites for hydroxylation is 1. The summed E-state index contributed by atoms with van der Waals surface area (Å²) in [6.45, 7) is 7.11. The molecule has 0 bridgehead atoms. The van der Waals surface area contributed by atoms with E-state index in [1.807, 2.05) is 9.80 Å². The average Bonchev–Trinajstić information content (AvgIpc) is 3.41. The molecule has 4 nitrogen and oxygen atoms in total. The van der Waals surface area contributed by atoms with Crippen LogP contribution < -0.4 is 0 Å². The normalized spacial score (nSPS) is 18.6. The van der Waals surface area contributed by atoms with Gasteiger partial charge in [-0.15, -0.1) is 11.3 Å². The van der Waals surface area contributed by atoms with E-state index in [-0.39, 0.29) is 30.4 Å². The van der Waals surface area contributed by atoms with Crippen molar-refractivity contribution in [1.29, 1.82) is 0 Å². The van der Waals surface area contributed by atoms with E-state index in [2.05, 4.69) is 56.5 Å². The van der Waals surface area contributed by atoms with Crippen LogP contribution in [0, 0.1) is 12.8 Å². The average molecular weight is 411 g/mol. The molecule has 1 aliphatic heterocycles. The molecule has 2 heterocycles. The van der Waals surface area contributed by atoms with Gasteiger partial charge in [-0.25, -0.2) is 0 Å². The highest BCUT2D eigenvalue weighted by molar-refractivity contribution is 7.10. The van der Waals surface area contributed by atoms with Crippen LogP contribution in [-0.4, -0.2) is 40.7 Å². The quantitative estimate of drug-likeness (QED) is 0.700. The third-order valence-corrected chi connectivity index (χ3v) is 6.87. The maximum atomic E-state index is 13.4. The molecular formula is C24H30N2O2S. The van der Waals surface area contributed by atoms with Gasteiger partial charge < -0.3 is 9.80 Å². The first-order chi connectivity index (χ1) is 13.9. The van der Waals surface area contributed by atoms with Gasteiger partial charge in [0, 0.05) is 23.9 Å². The van der Waals surface area contributed by atoms with E-state index in [1.165, 1.54) is 16.0 Å². The lowest BCUT2D eigenvalue weighted by Crippen LogP contribution is -2.47. The summed E-state index contributed by atoms with van der Waals surface area (Å²) in [6.07, 6.45) is 3.45. The van der Waals surface area contributed by atoms with Crippen molar-refractivity contribution >= 4 is 23.2 Å². The lowest BCUT2D eigenvalue weighted by Gasteiger charge is -2.37. The molecule has 4 rings (SSSR count). The Kier molecular flexibility index (Phi) is 5.77. The molecule has 0 N–H and O–H groups in total. The molecule has 2 amide bonds. The SMILES string of the molecule is Cc1ccc([C@H]2c3ccsc3CCN2C(=O)CN(C(=O)CC(C)C)C2CC2)cc1. The molecule has 154 valence electrons. The predicted molar refractivity (Wildman–Crippen MR) is 117 cm³/mol. The van der Waals surface area contributed by atoms with Gasteiger partial charge in [-0.05, 0) is 54.7 Å². The van der Waals surface area contributed by atoms with Crippen LogP contribution in [0.2, 0.25) is 0 Å². The van der Waals surface area contributed by atoms with Crippen LogP contribution in [0.1, 0.15) is 60.7 Å². The maximum Gasteiger partial charge on any atom is 0.243 e. The molecular weight excluding hydrogens is 380 g/mol. The Bertz CT molecular complexity index is 883. The third kappa shape index (κ3) is 4.40. The first-order valence-corrected chi connectivity index (χ1v) is 11.5. The number of benzene rings is 1. The number of fused-ring (bicyclic) bond motifs is 1. The van der Waals surface area contributed by atoms with E-state index < -0.39 is 0 Å². The highest BCUT2D eigenvalue weighted by Crippen LogP contribution is 2.38. The van der Waals surface area contributed by atoms with Gasteiger partial charge in [0.25, 0.3) is 0 Å². The number of hydrogen-bond donors (Lipinski definition) is 0. The summed E-state index contributed by atoms with van der Waals surface area (Å²) in [5, 5.41) is 2.13. The van der Waals surface area contributed by atoms with Crippen molar-refractivity contribution in [3.8, 4) is 0 Å². The molecule has 29 heavy (non-hydrogen) atoms. The zero-order chi connectivity index (χ0) is 20.5. The van der Waals surface area contributed by atoms with Gasteiger partial charge in [-0.3, -0.25) is 9.59 Å². The Hall–Kier alpha value is -2.14. The monoisotopic (exact) mass is 410 g/mol. The number of rotatable bonds is 6. The highest BCUT2D eigenvalue weighted by atomic mass is 32.1. The van der Waals surface area contributed by atoms with Crippen molar-refractivity contribution in [2.75, 3.05) is 13.1 Å². The molecule has 2 aliphatic rings. The summed E-state index contributed by atoms with van der Waals surface area (Å²) in [5.41, 5.74) is 3.60.